The number of hydrogen-bond donors (Lipinski definition) is 2. The maximum Gasteiger partial charge on any atom is 0.323 e. The van der Waals surface area contributed by atoms with E-state index in [0.29, 0.717) is 12.1 Å². The van der Waals surface area contributed by atoms with Gasteiger partial charge in [0.1, 0.15) is 6.04 Å². The Hall–Kier alpha value is -1.60. The molecule has 1 unspecified atom stereocenters. The van der Waals surface area contributed by atoms with Crippen LogP contribution in [0.5, 0.6) is 0 Å². The largest absolute Gasteiger partial charge is 0.468 e. The number of methoxy groups -OCH3 is 1. The zero-order chi connectivity index (χ0) is 15.3. The zero-order valence-electron chi connectivity index (χ0n) is 11.8. The van der Waals surface area contributed by atoms with E-state index in [-0.39, 0.29) is 10.8 Å². The Kier molecular flexibility index (Phi) is 5.52. The Balaban J connectivity index is 2.99. The van der Waals surface area contributed by atoms with Gasteiger partial charge in [-0.2, -0.15) is 4.72 Å². The first-order valence-electron chi connectivity index (χ1n) is 6.22. The van der Waals surface area contributed by atoms with E-state index in [4.69, 9.17) is 5.73 Å². The van der Waals surface area contributed by atoms with Crippen LogP contribution in [0.2, 0.25) is 0 Å². The zero-order valence-corrected chi connectivity index (χ0v) is 12.6. The van der Waals surface area contributed by atoms with Crippen molar-refractivity contribution in [3.8, 4) is 0 Å². The fraction of sp³-hybridized carbons (Fsp3) is 0.462. The van der Waals surface area contributed by atoms with Gasteiger partial charge in [-0.15, -0.1) is 0 Å². The lowest BCUT2D eigenvalue weighted by Gasteiger charge is -2.18. The third kappa shape index (κ3) is 4.50. The molecule has 0 aliphatic carbocycles. The molecule has 0 bridgehead atoms. The smallest absolute Gasteiger partial charge is 0.323 e. The van der Waals surface area contributed by atoms with Crippen LogP contribution in [0.4, 0.5) is 5.69 Å². The molecule has 0 aromatic heterocycles. The molecule has 0 saturated heterocycles. The molecule has 0 amide bonds. The number of benzene rings is 1. The number of sulfonamides is 1. The normalized spacial score (nSPS) is 13.2. The molecule has 1 atom stereocenters. The summed E-state index contributed by atoms with van der Waals surface area (Å²) in [5, 5.41) is 0. The number of anilines is 1. The van der Waals surface area contributed by atoms with Gasteiger partial charge in [0.15, 0.2) is 0 Å². The number of nitrogen functional groups attached to an aromatic ring is 1. The van der Waals surface area contributed by atoms with E-state index in [0.717, 1.165) is 0 Å². The van der Waals surface area contributed by atoms with Crippen molar-refractivity contribution in [1.29, 1.82) is 0 Å². The van der Waals surface area contributed by atoms with E-state index in [1.54, 1.807) is 12.1 Å². The third-order valence-electron chi connectivity index (χ3n) is 2.66. The highest BCUT2D eigenvalue weighted by Gasteiger charge is 2.27. The van der Waals surface area contributed by atoms with E-state index in [9.17, 15) is 13.2 Å². The summed E-state index contributed by atoms with van der Waals surface area (Å²) in [6.45, 7) is 3.79. The minimum absolute atomic E-state index is 0.0233. The van der Waals surface area contributed by atoms with E-state index in [2.05, 4.69) is 9.46 Å². The number of esters is 1. The summed E-state index contributed by atoms with van der Waals surface area (Å²) < 4.78 is 31.4. The highest BCUT2D eigenvalue weighted by molar-refractivity contribution is 7.89. The Labute approximate surface area is 119 Å². The van der Waals surface area contributed by atoms with Crippen molar-refractivity contribution in [2.75, 3.05) is 12.8 Å². The molecule has 0 spiro atoms. The van der Waals surface area contributed by atoms with Crippen LogP contribution in [0, 0.1) is 5.92 Å². The van der Waals surface area contributed by atoms with Crippen LogP contribution in [-0.2, 0) is 19.6 Å². The first kappa shape index (κ1) is 16.5. The van der Waals surface area contributed by atoms with Gasteiger partial charge >= 0.3 is 5.97 Å². The lowest BCUT2D eigenvalue weighted by atomic mass is 10.1. The summed E-state index contributed by atoms with van der Waals surface area (Å²) in [5.41, 5.74) is 5.91. The molecular weight excluding hydrogens is 280 g/mol. The van der Waals surface area contributed by atoms with Gasteiger partial charge in [-0.25, -0.2) is 8.42 Å². The summed E-state index contributed by atoms with van der Waals surface area (Å²) in [7, 11) is -2.59. The average molecular weight is 300 g/mol. The van der Waals surface area contributed by atoms with E-state index < -0.39 is 22.0 Å². The lowest BCUT2D eigenvalue weighted by molar-refractivity contribution is -0.143. The fourth-order valence-electron chi connectivity index (χ4n) is 1.74. The average Bonchev–Trinajstić information content (AvgIpc) is 2.36. The molecule has 0 aliphatic heterocycles. The fourth-order valence-corrected chi connectivity index (χ4v) is 3.00. The predicted molar refractivity (Wildman–Crippen MR) is 76.4 cm³/mol. The molecule has 6 nitrogen and oxygen atoms in total. The summed E-state index contributed by atoms with van der Waals surface area (Å²) in [6.07, 6.45) is 0.355. The number of ether oxygens (including phenoxy) is 1. The second kappa shape index (κ2) is 6.71. The van der Waals surface area contributed by atoms with Crippen LogP contribution in [0.15, 0.2) is 29.2 Å². The maximum absolute atomic E-state index is 12.2. The van der Waals surface area contributed by atoms with Crippen molar-refractivity contribution in [3.63, 3.8) is 0 Å². The molecule has 7 heteroatoms. The molecule has 1 rings (SSSR count). The van der Waals surface area contributed by atoms with Gasteiger partial charge in [0.2, 0.25) is 10.0 Å². The molecule has 0 radical (unpaired) electrons. The van der Waals surface area contributed by atoms with Crippen LogP contribution in [0.1, 0.15) is 20.3 Å². The topological polar surface area (TPSA) is 98.5 Å². The van der Waals surface area contributed by atoms with E-state index >= 15 is 0 Å². The Bertz CT molecular complexity index is 569. The number of nitrogens with two attached hydrogens (primary N) is 1. The van der Waals surface area contributed by atoms with Crippen LogP contribution >= 0.6 is 0 Å². The highest BCUT2D eigenvalue weighted by atomic mass is 32.2. The molecule has 0 saturated carbocycles. The number of rotatable bonds is 6. The molecule has 0 aliphatic rings. The van der Waals surface area contributed by atoms with Gasteiger partial charge in [-0.05, 0) is 30.5 Å². The van der Waals surface area contributed by atoms with Crippen molar-refractivity contribution >= 4 is 21.7 Å². The van der Waals surface area contributed by atoms with Gasteiger partial charge in [0, 0.05) is 5.69 Å². The van der Waals surface area contributed by atoms with Crippen LogP contribution < -0.4 is 10.5 Å². The van der Waals surface area contributed by atoms with E-state index in [1.807, 2.05) is 13.8 Å². The monoisotopic (exact) mass is 300 g/mol. The Morgan fingerprint density at radius 1 is 1.40 bits per heavy atom. The van der Waals surface area contributed by atoms with Gasteiger partial charge in [-0.3, -0.25) is 4.79 Å². The van der Waals surface area contributed by atoms with Crippen molar-refractivity contribution in [2.45, 2.75) is 31.2 Å². The SMILES string of the molecule is COC(=O)C(CC(C)C)NS(=O)(=O)c1cccc(N)c1. The third-order valence-corrected chi connectivity index (χ3v) is 4.13. The Morgan fingerprint density at radius 2 is 2.05 bits per heavy atom. The summed E-state index contributed by atoms with van der Waals surface area (Å²) >= 11 is 0. The standard InChI is InChI=1S/C13H20N2O4S/c1-9(2)7-12(13(16)19-3)15-20(17,18)11-6-4-5-10(14)8-11/h4-6,8-9,12,15H,7,14H2,1-3H3. The van der Waals surface area contributed by atoms with Gasteiger partial charge in [0.25, 0.3) is 0 Å². The summed E-state index contributed by atoms with van der Waals surface area (Å²) in [6, 6.07) is 4.98. The molecule has 0 heterocycles. The van der Waals surface area contributed by atoms with Crippen molar-refractivity contribution < 1.29 is 17.9 Å². The van der Waals surface area contributed by atoms with Crippen LogP contribution in [0.25, 0.3) is 0 Å². The van der Waals surface area contributed by atoms with Crippen LogP contribution in [0.3, 0.4) is 0 Å². The Morgan fingerprint density at radius 3 is 2.55 bits per heavy atom. The number of nitrogens with one attached hydrogen (secondary N) is 1. The van der Waals surface area contributed by atoms with Gasteiger partial charge < -0.3 is 10.5 Å². The lowest BCUT2D eigenvalue weighted by Crippen LogP contribution is -2.42. The minimum atomic E-state index is -3.81. The van der Waals surface area contributed by atoms with Crippen molar-refractivity contribution in [1.82, 2.24) is 4.72 Å². The van der Waals surface area contributed by atoms with Gasteiger partial charge in [-0.1, -0.05) is 19.9 Å². The van der Waals surface area contributed by atoms with Crippen molar-refractivity contribution in [2.24, 2.45) is 5.92 Å². The summed E-state index contributed by atoms with van der Waals surface area (Å²) in [5.74, 6) is -0.464. The van der Waals surface area contributed by atoms with Crippen molar-refractivity contribution in [3.05, 3.63) is 24.3 Å². The number of carbonyl (C=O) groups is 1. The minimum Gasteiger partial charge on any atom is -0.468 e. The van der Waals surface area contributed by atoms with E-state index in [1.165, 1.54) is 19.2 Å². The first-order chi connectivity index (χ1) is 9.26. The van der Waals surface area contributed by atoms with Crippen LogP contribution in [-0.4, -0.2) is 27.5 Å². The highest BCUT2D eigenvalue weighted by Crippen LogP contribution is 2.15. The summed E-state index contributed by atoms with van der Waals surface area (Å²) in [4.78, 5) is 11.7. The van der Waals surface area contributed by atoms with Gasteiger partial charge in [0.05, 0.1) is 12.0 Å². The molecule has 0 fully saturated rings. The maximum atomic E-state index is 12.2. The predicted octanol–water partition coefficient (Wildman–Crippen LogP) is 1.13. The quantitative estimate of drug-likeness (QED) is 0.606. The second-order valence-electron chi connectivity index (χ2n) is 4.90. The molecule has 1 aromatic rings. The number of hydrogen-bond acceptors (Lipinski definition) is 5. The second-order valence-corrected chi connectivity index (χ2v) is 6.61. The first-order valence-corrected chi connectivity index (χ1v) is 7.70. The molecular formula is C13H20N2O4S. The molecule has 112 valence electrons. The molecule has 3 N–H and O–H groups in total. The molecule has 1 aromatic carbocycles. The number of carbonyl (C=O) groups excluding carboxylic acids is 1. The molecule has 20 heavy (non-hydrogen) atoms.